The van der Waals surface area contributed by atoms with Gasteiger partial charge in [-0.1, -0.05) is 12.8 Å². The number of carbonyl (C=O) groups excluding carboxylic acids is 1. The molecule has 1 saturated carbocycles. The molecular weight excluding hydrogens is 232 g/mol. The van der Waals surface area contributed by atoms with Crippen LogP contribution in [0.2, 0.25) is 0 Å². The topological polar surface area (TPSA) is 71.5 Å². The number of amides is 1. The number of ether oxygens (including phenoxy) is 1. The van der Waals surface area contributed by atoms with Crippen LogP contribution < -0.4 is 10.1 Å². The van der Waals surface area contributed by atoms with Gasteiger partial charge < -0.3 is 15.2 Å². The zero-order valence-corrected chi connectivity index (χ0v) is 10.5. The number of nitrogens with one attached hydrogen (secondary N) is 1. The van der Waals surface area contributed by atoms with Crippen molar-refractivity contribution in [3.05, 3.63) is 18.5 Å². The van der Waals surface area contributed by atoms with Crippen LogP contribution >= 0.6 is 0 Å². The van der Waals surface area contributed by atoms with Crippen molar-refractivity contribution in [3.63, 3.8) is 0 Å². The SMILES string of the molecule is COc1ccncc1NC(=O)CC1(O)CCCC1. The number of pyridine rings is 1. The molecule has 2 rings (SSSR count). The molecule has 0 atom stereocenters. The highest BCUT2D eigenvalue weighted by molar-refractivity contribution is 5.92. The molecule has 0 unspecified atom stereocenters. The Morgan fingerprint density at radius 1 is 1.56 bits per heavy atom. The molecule has 0 radical (unpaired) electrons. The van der Waals surface area contributed by atoms with E-state index in [1.807, 2.05) is 0 Å². The number of aliphatic hydroxyl groups is 1. The standard InChI is InChI=1S/C13H18N2O3/c1-18-11-4-7-14-9-10(11)15-12(16)8-13(17)5-2-3-6-13/h4,7,9,17H,2-3,5-6,8H2,1H3,(H,15,16). The van der Waals surface area contributed by atoms with Crippen LogP contribution in [0.15, 0.2) is 18.5 Å². The first-order valence-corrected chi connectivity index (χ1v) is 6.13. The molecule has 1 fully saturated rings. The third-order valence-corrected chi connectivity index (χ3v) is 3.30. The first-order chi connectivity index (χ1) is 8.63. The zero-order valence-electron chi connectivity index (χ0n) is 10.5. The van der Waals surface area contributed by atoms with E-state index in [2.05, 4.69) is 10.3 Å². The van der Waals surface area contributed by atoms with Gasteiger partial charge in [0.1, 0.15) is 11.4 Å². The summed E-state index contributed by atoms with van der Waals surface area (Å²) in [5.74, 6) is 0.363. The molecule has 0 aromatic carbocycles. The molecule has 5 heteroatoms. The fourth-order valence-corrected chi connectivity index (χ4v) is 2.36. The van der Waals surface area contributed by atoms with Crippen molar-refractivity contribution in [1.82, 2.24) is 4.98 Å². The molecule has 98 valence electrons. The number of nitrogens with zero attached hydrogens (tertiary/aromatic N) is 1. The molecule has 1 heterocycles. The average Bonchev–Trinajstić information content (AvgIpc) is 2.76. The Balaban J connectivity index is 1.98. The van der Waals surface area contributed by atoms with Crippen molar-refractivity contribution in [2.24, 2.45) is 0 Å². The van der Waals surface area contributed by atoms with Crippen molar-refractivity contribution < 1.29 is 14.6 Å². The fraction of sp³-hybridized carbons (Fsp3) is 0.538. The summed E-state index contributed by atoms with van der Waals surface area (Å²) in [6.07, 6.45) is 6.63. The van der Waals surface area contributed by atoms with Crippen LogP contribution in [0.5, 0.6) is 5.75 Å². The normalized spacial score (nSPS) is 17.4. The maximum Gasteiger partial charge on any atom is 0.227 e. The maximum absolute atomic E-state index is 11.9. The highest BCUT2D eigenvalue weighted by atomic mass is 16.5. The van der Waals surface area contributed by atoms with Crippen LogP contribution in [0.3, 0.4) is 0 Å². The van der Waals surface area contributed by atoms with Gasteiger partial charge in [0, 0.05) is 12.3 Å². The number of carbonyl (C=O) groups is 1. The molecule has 0 spiro atoms. The number of rotatable bonds is 4. The Labute approximate surface area is 106 Å². The number of hydrogen-bond donors (Lipinski definition) is 2. The summed E-state index contributed by atoms with van der Waals surface area (Å²) in [5, 5.41) is 12.9. The van der Waals surface area contributed by atoms with Gasteiger partial charge in [-0.2, -0.15) is 0 Å². The Morgan fingerprint density at radius 2 is 2.28 bits per heavy atom. The van der Waals surface area contributed by atoms with Crippen molar-refractivity contribution in [2.75, 3.05) is 12.4 Å². The second-order valence-electron chi connectivity index (χ2n) is 4.73. The molecule has 5 nitrogen and oxygen atoms in total. The smallest absolute Gasteiger partial charge is 0.227 e. The molecule has 2 N–H and O–H groups in total. The van der Waals surface area contributed by atoms with E-state index < -0.39 is 5.60 Å². The largest absolute Gasteiger partial charge is 0.494 e. The summed E-state index contributed by atoms with van der Waals surface area (Å²) in [5.41, 5.74) is -0.300. The summed E-state index contributed by atoms with van der Waals surface area (Å²) in [7, 11) is 1.54. The number of anilines is 1. The third kappa shape index (κ3) is 2.98. The van der Waals surface area contributed by atoms with Gasteiger partial charge in [-0.25, -0.2) is 0 Å². The molecule has 1 aromatic heterocycles. The molecular formula is C13H18N2O3. The molecule has 0 saturated heterocycles. The van der Waals surface area contributed by atoms with E-state index in [-0.39, 0.29) is 12.3 Å². The molecule has 18 heavy (non-hydrogen) atoms. The van der Waals surface area contributed by atoms with E-state index in [4.69, 9.17) is 4.74 Å². The lowest BCUT2D eigenvalue weighted by Crippen LogP contribution is -2.30. The van der Waals surface area contributed by atoms with Crippen molar-refractivity contribution in [3.8, 4) is 5.75 Å². The minimum Gasteiger partial charge on any atom is -0.494 e. The van der Waals surface area contributed by atoms with Gasteiger partial charge in [0.25, 0.3) is 0 Å². The minimum atomic E-state index is -0.834. The molecule has 0 aliphatic heterocycles. The zero-order chi connectivity index (χ0) is 13.0. The number of methoxy groups -OCH3 is 1. The second kappa shape index (κ2) is 5.35. The van der Waals surface area contributed by atoms with Crippen molar-refractivity contribution in [1.29, 1.82) is 0 Å². The lowest BCUT2D eigenvalue weighted by atomic mass is 9.97. The van der Waals surface area contributed by atoms with Crippen molar-refractivity contribution in [2.45, 2.75) is 37.7 Å². The van der Waals surface area contributed by atoms with E-state index in [0.29, 0.717) is 24.3 Å². The molecule has 1 aliphatic rings. The van der Waals surface area contributed by atoms with E-state index in [9.17, 15) is 9.90 Å². The van der Waals surface area contributed by atoms with Crippen LogP contribution in [0, 0.1) is 0 Å². The van der Waals surface area contributed by atoms with E-state index in [0.717, 1.165) is 12.8 Å². The maximum atomic E-state index is 11.9. The lowest BCUT2D eigenvalue weighted by molar-refractivity contribution is -0.120. The molecule has 1 amide bonds. The van der Waals surface area contributed by atoms with Gasteiger partial charge in [0.2, 0.25) is 5.91 Å². The van der Waals surface area contributed by atoms with Gasteiger partial charge in [-0.05, 0) is 12.8 Å². The first-order valence-electron chi connectivity index (χ1n) is 6.13. The summed E-state index contributed by atoms with van der Waals surface area (Å²) < 4.78 is 5.12. The van der Waals surface area contributed by atoms with Crippen LogP contribution in [-0.2, 0) is 4.79 Å². The molecule has 0 bridgehead atoms. The monoisotopic (exact) mass is 250 g/mol. The van der Waals surface area contributed by atoms with Gasteiger partial charge in [-0.3, -0.25) is 9.78 Å². The number of aromatic nitrogens is 1. The predicted molar refractivity (Wildman–Crippen MR) is 67.5 cm³/mol. The third-order valence-electron chi connectivity index (χ3n) is 3.30. The van der Waals surface area contributed by atoms with Crippen LogP contribution in [0.25, 0.3) is 0 Å². The van der Waals surface area contributed by atoms with Gasteiger partial charge in [0.15, 0.2) is 0 Å². The Kier molecular flexibility index (Phi) is 3.81. The second-order valence-corrected chi connectivity index (χ2v) is 4.73. The van der Waals surface area contributed by atoms with Gasteiger partial charge in [-0.15, -0.1) is 0 Å². The summed E-state index contributed by atoms with van der Waals surface area (Å²) >= 11 is 0. The van der Waals surface area contributed by atoms with Crippen LogP contribution in [-0.4, -0.2) is 28.7 Å². The fourth-order valence-electron chi connectivity index (χ4n) is 2.36. The van der Waals surface area contributed by atoms with E-state index in [1.54, 1.807) is 12.3 Å². The first kappa shape index (κ1) is 12.8. The highest BCUT2D eigenvalue weighted by Gasteiger charge is 2.33. The van der Waals surface area contributed by atoms with Gasteiger partial charge in [0.05, 0.1) is 25.3 Å². The Bertz CT molecular complexity index is 428. The molecule has 1 aromatic rings. The molecule has 1 aliphatic carbocycles. The van der Waals surface area contributed by atoms with Crippen molar-refractivity contribution >= 4 is 11.6 Å². The highest BCUT2D eigenvalue weighted by Crippen LogP contribution is 2.33. The van der Waals surface area contributed by atoms with Crippen LogP contribution in [0.1, 0.15) is 32.1 Å². The van der Waals surface area contributed by atoms with E-state index in [1.165, 1.54) is 13.3 Å². The number of hydrogen-bond acceptors (Lipinski definition) is 4. The quantitative estimate of drug-likeness (QED) is 0.853. The summed E-state index contributed by atoms with van der Waals surface area (Å²) in [6.45, 7) is 0. The predicted octanol–water partition coefficient (Wildman–Crippen LogP) is 1.72. The average molecular weight is 250 g/mol. The van der Waals surface area contributed by atoms with E-state index >= 15 is 0 Å². The van der Waals surface area contributed by atoms with Gasteiger partial charge >= 0.3 is 0 Å². The van der Waals surface area contributed by atoms with Crippen LogP contribution in [0.4, 0.5) is 5.69 Å². The summed E-state index contributed by atoms with van der Waals surface area (Å²) in [6, 6.07) is 1.68. The minimum absolute atomic E-state index is 0.130. The Hall–Kier alpha value is -1.62. The summed E-state index contributed by atoms with van der Waals surface area (Å²) in [4.78, 5) is 15.8. The Morgan fingerprint density at radius 3 is 2.94 bits per heavy atom. The lowest BCUT2D eigenvalue weighted by Gasteiger charge is -2.21.